The molecule has 0 spiro atoms. The van der Waals surface area contributed by atoms with Crippen molar-refractivity contribution in [2.24, 2.45) is 5.73 Å². The van der Waals surface area contributed by atoms with Crippen LogP contribution in [0.4, 0.5) is 0 Å². The zero-order valence-electron chi connectivity index (χ0n) is 11.7. The number of hydrogen-bond acceptors (Lipinski definition) is 4. The molecule has 0 aliphatic heterocycles. The number of rotatable bonds is 3. The molecule has 0 amide bonds. The lowest BCUT2D eigenvalue weighted by atomic mass is 10.0. The van der Waals surface area contributed by atoms with Crippen molar-refractivity contribution in [1.82, 2.24) is 9.97 Å². The second-order valence-electron chi connectivity index (χ2n) is 4.98. The minimum absolute atomic E-state index is 0.524. The monoisotopic (exact) mass is 267 g/mol. The van der Waals surface area contributed by atoms with Gasteiger partial charge in [0.25, 0.3) is 0 Å². The van der Waals surface area contributed by atoms with E-state index in [0.717, 1.165) is 11.3 Å². The zero-order valence-corrected chi connectivity index (χ0v) is 11.7. The lowest BCUT2D eigenvalue weighted by molar-refractivity contribution is 0.531. The number of fused-ring (bicyclic) bond motifs is 1. The summed E-state index contributed by atoms with van der Waals surface area (Å²) in [4.78, 5) is 8.99. The van der Waals surface area contributed by atoms with E-state index >= 15 is 0 Å². The Balaban J connectivity index is 2.10. The third-order valence-corrected chi connectivity index (χ3v) is 3.32. The van der Waals surface area contributed by atoms with Crippen LogP contribution >= 0.6 is 0 Å². The predicted octanol–water partition coefficient (Wildman–Crippen LogP) is 3.01. The number of aryl methyl sites for hydroxylation is 2. The normalized spacial score (nSPS) is 11.2. The molecule has 3 aromatic rings. The molecule has 0 unspecified atom stereocenters. The summed E-state index contributed by atoms with van der Waals surface area (Å²) in [6.45, 7) is 4.69. The van der Waals surface area contributed by atoms with Crippen molar-refractivity contribution in [3.05, 3.63) is 47.3 Å². The highest BCUT2D eigenvalue weighted by Crippen LogP contribution is 2.25. The van der Waals surface area contributed by atoms with Crippen molar-refractivity contribution in [3.8, 4) is 11.3 Å². The van der Waals surface area contributed by atoms with Crippen LogP contribution in [0.2, 0.25) is 0 Å². The summed E-state index contributed by atoms with van der Waals surface area (Å²) >= 11 is 0. The van der Waals surface area contributed by atoms with Crippen LogP contribution in [0.3, 0.4) is 0 Å². The minimum Gasteiger partial charge on any atom is -0.439 e. The summed E-state index contributed by atoms with van der Waals surface area (Å²) in [6.07, 6.45) is 0.634. The van der Waals surface area contributed by atoms with Gasteiger partial charge in [-0.1, -0.05) is 17.7 Å². The molecular weight excluding hydrogens is 250 g/mol. The highest BCUT2D eigenvalue weighted by molar-refractivity contribution is 5.74. The van der Waals surface area contributed by atoms with Gasteiger partial charge in [-0.05, 0) is 37.6 Å². The molecule has 2 heterocycles. The zero-order chi connectivity index (χ0) is 14.1. The van der Waals surface area contributed by atoms with Crippen LogP contribution in [0.15, 0.2) is 34.7 Å². The van der Waals surface area contributed by atoms with Crippen LogP contribution in [0, 0.1) is 13.8 Å². The molecule has 3 rings (SSSR count). The van der Waals surface area contributed by atoms with Gasteiger partial charge in [0.05, 0.1) is 5.69 Å². The van der Waals surface area contributed by atoms with E-state index in [1.54, 1.807) is 0 Å². The standard InChI is InChI=1S/C16H17N3O/c1-10-3-4-11(2)12(9-10)13-5-6-14-16(18-13)19-15(20-14)7-8-17/h3-6,9H,7-8,17H2,1-2H3. The van der Waals surface area contributed by atoms with Crippen molar-refractivity contribution in [2.75, 3.05) is 6.54 Å². The van der Waals surface area contributed by atoms with Crippen molar-refractivity contribution in [3.63, 3.8) is 0 Å². The van der Waals surface area contributed by atoms with Crippen LogP contribution in [0.5, 0.6) is 0 Å². The van der Waals surface area contributed by atoms with E-state index in [2.05, 4.69) is 42.0 Å². The number of aromatic nitrogens is 2. The molecule has 0 aliphatic carbocycles. The summed E-state index contributed by atoms with van der Waals surface area (Å²) in [5.41, 5.74) is 11.4. The Morgan fingerprint density at radius 2 is 1.95 bits per heavy atom. The minimum atomic E-state index is 0.524. The Kier molecular flexibility index (Phi) is 3.24. The molecule has 2 aromatic heterocycles. The molecule has 0 saturated heterocycles. The average molecular weight is 267 g/mol. The molecule has 2 N–H and O–H groups in total. The third-order valence-electron chi connectivity index (χ3n) is 3.32. The molecule has 0 radical (unpaired) electrons. The van der Waals surface area contributed by atoms with Gasteiger partial charge in [0.1, 0.15) is 0 Å². The van der Waals surface area contributed by atoms with E-state index in [4.69, 9.17) is 10.2 Å². The maximum absolute atomic E-state index is 5.60. The van der Waals surface area contributed by atoms with Crippen molar-refractivity contribution in [1.29, 1.82) is 0 Å². The van der Waals surface area contributed by atoms with Gasteiger partial charge in [-0.2, -0.15) is 4.98 Å². The topological polar surface area (TPSA) is 64.9 Å². The molecule has 102 valence electrons. The lowest BCUT2D eigenvalue weighted by Crippen LogP contribution is -2.02. The Labute approximate surface area is 117 Å². The highest BCUT2D eigenvalue weighted by atomic mass is 16.3. The Morgan fingerprint density at radius 3 is 2.75 bits per heavy atom. The van der Waals surface area contributed by atoms with Gasteiger partial charge in [-0.3, -0.25) is 0 Å². The molecule has 4 heteroatoms. The number of oxazole rings is 1. The van der Waals surface area contributed by atoms with Gasteiger partial charge in [0, 0.05) is 18.5 Å². The second-order valence-corrected chi connectivity index (χ2v) is 4.98. The second kappa shape index (κ2) is 5.06. The molecule has 0 atom stereocenters. The van der Waals surface area contributed by atoms with E-state index in [-0.39, 0.29) is 0 Å². The van der Waals surface area contributed by atoms with Gasteiger partial charge >= 0.3 is 0 Å². The predicted molar refractivity (Wildman–Crippen MR) is 79.5 cm³/mol. The smallest absolute Gasteiger partial charge is 0.199 e. The summed E-state index contributed by atoms with van der Waals surface area (Å²) in [7, 11) is 0. The molecule has 4 nitrogen and oxygen atoms in total. The molecule has 1 aromatic carbocycles. The fourth-order valence-corrected chi connectivity index (χ4v) is 2.26. The fraction of sp³-hybridized carbons (Fsp3) is 0.250. The summed E-state index contributed by atoms with van der Waals surface area (Å²) in [5, 5.41) is 0. The summed E-state index contributed by atoms with van der Waals surface area (Å²) in [6, 6.07) is 10.3. The lowest BCUT2D eigenvalue weighted by Gasteiger charge is -2.05. The molecule has 0 saturated carbocycles. The largest absolute Gasteiger partial charge is 0.439 e. The van der Waals surface area contributed by atoms with Crippen molar-refractivity contribution in [2.45, 2.75) is 20.3 Å². The van der Waals surface area contributed by atoms with Gasteiger partial charge in [0.15, 0.2) is 17.1 Å². The number of nitrogens with two attached hydrogens (primary N) is 1. The van der Waals surface area contributed by atoms with Crippen LogP contribution in [-0.4, -0.2) is 16.5 Å². The van der Waals surface area contributed by atoms with E-state index in [1.165, 1.54) is 11.1 Å². The maximum atomic E-state index is 5.60. The number of pyridine rings is 1. The van der Waals surface area contributed by atoms with E-state index in [1.807, 2.05) is 12.1 Å². The average Bonchev–Trinajstić information content (AvgIpc) is 2.83. The van der Waals surface area contributed by atoms with Gasteiger partial charge < -0.3 is 10.2 Å². The van der Waals surface area contributed by atoms with Gasteiger partial charge in [0.2, 0.25) is 0 Å². The van der Waals surface area contributed by atoms with Crippen LogP contribution < -0.4 is 5.73 Å². The Hall–Kier alpha value is -2.20. The number of nitrogens with zero attached hydrogens (tertiary/aromatic N) is 2. The molecule has 20 heavy (non-hydrogen) atoms. The van der Waals surface area contributed by atoms with Crippen molar-refractivity contribution >= 4 is 11.2 Å². The molecule has 0 aliphatic rings. The Morgan fingerprint density at radius 1 is 1.10 bits per heavy atom. The summed E-state index contributed by atoms with van der Waals surface area (Å²) < 4.78 is 5.60. The quantitative estimate of drug-likeness (QED) is 0.792. The number of hydrogen-bond donors (Lipinski definition) is 1. The molecule has 0 fully saturated rings. The van der Waals surface area contributed by atoms with Crippen molar-refractivity contribution < 1.29 is 4.42 Å². The van der Waals surface area contributed by atoms with Crippen LogP contribution in [-0.2, 0) is 6.42 Å². The highest BCUT2D eigenvalue weighted by Gasteiger charge is 2.10. The molecule has 0 bridgehead atoms. The Bertz CT molecular complexity index is 762. The SMILES string of the molecule is Cc1ccc(C)c(-c2ccc3oc(CCN)nc3n2)c1. The third kappa shape index (κ3) is 2.30. The fourth-order valence-electron chi connectivity index (χ4n) is 2.26. The first kappa shape index (κ1) is 12.8. The maximum Gasteiger partial charge on any atom is 0.199 e. The first-order valence-corrected chi connectivity index (χ1v) is 6.71. The summed E-state index contributed by atoms with van der Waals surface area (Å²) in [5.74, 6) is 0.646. The molecular formula is C16H17N3O. The van der Waals surface area contributed by atoms with E-state index < -0.39 is 0 Å². The van der Waals surface area contributed by atoms with Gasteiger partial charge in [-0.25, -0.2) is 4.98 Å². The van der Waals surface area contributed by atoms with E-state index in [0.29, 0.717) is 30.1 Å². The van der Waals surface area contributed by atoms with Crippen LogP contribution in [0.25, 0.3) is 22.5 Å². The number of benzene rings is 1. The van der Waals surface area contributed by atoms with E-state index in [9.17, 15) is 0 Å². The van der Waals surface area contributed by atoms with Gasteiger partial charge in [-0.15, -0.1) is 0 Å². The first-order chi connectivity index (χ1) is 9.67. The first-order valence-electron chi connectivity index (χ1n) is 6.71. The van der Waals surface area contributed by atoms with Crippen LogP contribution in [0.1, 0.15) is 17.0 Å².